The standard InChI is InChI=1S/C12H12F3NO.C2H6/c1-7-2-3-9(8-4-5-8)6-10(7)16-11(17)12(13,14)15;1-2/h2-3,6,8H,4-5H2,1H3,(H,16,17);1-2H3. The number of nitrogens with one attached hydrogen (secondary N) is 1. The molecular weight excluding hydrogens is 255 g/mol. The molecule has 0 heterocycles. The molecule has 1 aromatic rings. The molecule has 0 radical (unpaired) electrons. The van der Waals surface area contributed by atoms with Crippen LogP contribution in [-0.2, 0) is 4.79 Å². The molecule has 19 heavy (non-hydrogen) atoms. The van der Waals surface area contributed by atoms with Crippen LogP contribution in [0.4, 0.5) is 18.9 Å². The molecule has 0 spiro atoms. The number of amides is 1. The monoisotopic (exact) mass is 273 g/mol. The molecule has 1 fully saturated rings. The number of halogens is 3. The average molecular weight is 273 g/mol. The topological polar surface area (TPSA) is 29.1 Å². The molecule has 1 amide bonds. The second-order valence-electron chi connectivity index (χ2n) is 4.30. The van der Waals surface area contributed by atoms with Crippen LogP contribution in [0, 0.1) is 6.92 Å². The van der Waals surface area contributed by atoms with E-state index in [-0.39, 0.29) is 5.69 Å². The van der Waals surface area contributed by atoms with Gasteiger partial charge in [0.25, 0.3) is 0 Å². The number of hydrogen-bond acceptors (Lipinski definition) is 1. The van der Waals surface area contributed by atoms with E-state index in [0.717, 1.165) is 18.4 Å². The molecule has 2 rings (SSSR count). The van der Waals surface area contributed by atoms with Crippen molar-refractivity contribution in [2.75, 3.05) is 5.32 Å². The van der Waals surface area contributed by atoms with Gasteiger partial charge in [0.05, 0.1) is 0 Å². The molecule has 1 aliphatic carbocycles. The fourth-order valence-corrected chi connectivity index (χ4v) is 1.64. The number of rotatable bonds is 2. The average Bonchev–Trinajstić information content (AvgIpc) is 3.17. The van der Waals surface area contributed by atoms with Crippen LogP contribution in [0.1, 0.15) is 43.7 Å². The summed E-state index contributed by atoms with van der Waals surface area (Å²) in [6.07, 6.45) is -2.71. The minimum Gasteiger partial charge on any atom is -0.318 e. The Hall–Kier alpha value is -1.52. The van der Waals surface area contributed by atoms with Crippen molar-refractivity contribution >= 4 is 11.6 Å². The van der Waals surface area contributed by atoms with Gasteiger partial charge in [0, 0.05) is 5.69 Å². The van der Waals surface area contributed by atoms with Crippen LogP contribution in [0.15, 0.2) is 18.2 Å². The van der Waals surface area contributed by atoms with Crippen molar-refractivity contribution in [1.29, 1.82) is 0 Å². The first-order chi connectivity index (χ1) is 8.88. The van der Waals surface area contributed by atoms with Gasteiger partial charge in [-0.25, -0.2) is 0 Å². The molecule has 0 unspecified atom stereocenters. The second-order valence-corrected chi connectivity index (χ2v) is 4.30. The first-order valence-corrected chi connectivity index (χ1v) is 6.36. The van der Waals surface area contributed by atoms with E-state index in [1.807, 2.05) is 25.2 Å². The van der Waals surface area contributed by atoms with Crippen molar-refractivity contribution in [1.82, 2.24) is 0 Å². The maximum absolute atomic E-state index is 12.1. The van der Waals surface area contributed by atoms with Gasteiger partial charge in [0.15, 0.2) is 0 Å². The Kier molecular flexibility index (Phi) is 4.97. The highest BCUT2D eigenvalue weighted by atomic mass is 19.4. The Labute approximate surface area is 111 Å². The van der Waals surface area contributed by atoms with Crippen molar-refractivity contribution in [3.05, 3.63) is 29.3 Å². The lowest BCUT2D eigenvalue weighted by atomic mass is 10.1. The van der Waals surface area contributed by atoms with Gasteiger partial charge in [-0.1, -0.05) is 26.0 Å². The van der Waals surface area contributed by atoms with E-state index >= 15 is 0 Å². The van der Waals surface area contributed by atoms with Crippen LogP contribution in [-0.4, -0.2) is 12.1 Å². The van der Waals surface area contributed by atoms with E-state index in [0.29, 0.717) is 11.5 Å². The normalized spacial score (nSPS) is 14.4. The number of alkyl halides is 3. The summed E-state index contributed by atoms with van der Waals surface area (Å²) in [7, 11) is 0. The quantitative estimate of drug-likeness (QED) is 0.850. The number of anilines is 1. The lowest BCUT2D eigenvalue weighted by Gasteiger charge is -2.11. The predicted molar refractivity (Wildman–Crippen MR) is 69.2 cm³/mol. The minimum absolute atomic E-state index is 0.247. The summed E-state index contributed by atoms with van der Waals surface area (Å²) in [6, 6.07) is 5.27. The van der Waals surface area contributed by atoms with Gasteiger partial charge in [0.1, 0.15) is 0 Å². The third kappa shape index (κ3) is 4.26. The van der Waals surface area contributed by atoms with E-state index < -0.39 is 12.1 Å². The summed E-state index contributed by atoms with van der Waals surface area (Å²) in [4.78, 5) is 10.8. The molecule has 1 aromatic carbocycles. The number of aryl methyl sites for hydroxylation is 1. The van der Waals surface area contributed by atoms with Crippen LogP contribution in [0.2, 0.25) is 0 Å². The summed E-state index contributed by atoms with van der Waals surface area (Å²) in [6.45, 7) is 5.67. The van der Waals surface area contributed by atoms with E-state index in [1.165, 1.54) is 0 Å². The summed E-state index contributed by atoms with van der Waals surface area (Å²) < 4.78 is 36.4. The molecule has 106 valence electrons. The number of carbonyl (C=O) groups excluding carboxylic acids is 1. The second kappa shape index (κ2) is 6.08. The molecule has 1 aliphatic rings. The lowest BCUT2D eigenvalue weighted by Crippen LogP contribution is -2.30. The number of hydrogen-bond donors (Lipinski definition) is 1. The molecule has 0 atom stereocenters. The molecule has 0 bridgehead atoms. The lowest BCUT2D eigenvalue weighted by molar-refractivity contribution is -0.167. The maximum Gasteiger partial charge on any atom is 0.471 e. The highest BCUT2D eigenvalue weighted by molar-refractivity contribution is 5.95. The van der Waals surface area contributed by atoms with Gasteiger partial charge in [-0.2, -0.15) is 13.2 Å². The first-order valence-electron chi connectivity index (χ1n) is 6.36. The third-order valence-corrected chi connectivity index (χ3v) is 2.82. The maximum atomic E-state index is 12.1. The molecule has 0 aromatic heterocycles. The first kappa shape index (κ1) is 15.5. The molecule has 1 N–H and O–H groups in total. The van der Waals surface area contributed by atoms with Crippen LogP contribution >= 0.6 is 0 Å². The van der Waals surface area contributed by atoms with E-state index in [9.17, 15) is 18.0 Å². The van der Waals surface area contributed by atoms with Crippen LogP contribution < -0.4 is 5.32 Å². The summed E-state index contributed by atoms with van der Waals surface area (Å²) >= 11 is 0. The molecular formula is C14H18F3NO. The molecule has 2 nitrogen and oxygen atoms in total. The van der Waals surface area contributed by atoms with Crippen molar-refractivity contribution in [3.63, 3.8) is 0 Å². The van der Waals surface area contributed by atoms with Crippen LogP contribution in [0.3, 0.4) is 0 Å². The van der Waals surface area contributed by atoms with Gasteiger partial charge < -0.3 is 5.32 Å². The summed E-state index contributed by atoms with van der Waals surface area (Å²) in [5.74, 6) is -1.48. The van der Waals surface area contributed by atoms with Gasteiger partial charge in [-0.3, -0.25) is 4.79 Å². The largest absolute Gasteiger partial charge is 0.471 e. The zero-order valence-electron chi connectivity index (χ0n) is 11.3. The Morgan fingerprint density at radius 2 is 1.84 bits per heavy atom. The van der Waals surface area contributed by atoms with Gasteiger partial charge in [-0.05, 0) is 42.9 Å². The third-order valence-electron chi connectivity index (χ3n) is 2.82. The number of benzene rings is 1. The summed E-state index contributed by atoms with van der Waals surface area (Å²) in [5.41, 5.74) is 1.87. The fourth-order valence-electron chi connectivity index (χ4n) is 1.64. The fraction of sp³-hybridized carbons (Fsp3) is 0.500. The zero-order valence-corrected chi connectivity index (χ0v) is 11.3. The van der Waals surface area contributed by atoms with Gasteiger partial charge in [0.2, 0.25) is 0 Å². The Bertz CT molecular complexity index is 450. The SMILES string of the molecule is CC.Cc1ccc(C2CC2)cc1NC(=O)C(F)(F)F. The van der Waals surface area contributed by atoms with Gasteiger partial charge >= 0.3 is 12.1 Å². The van der Waals surface area contributed by atoms with Crippen molar-refractivity contribution in [2.24, 2.45) is 0 Å². The smallest absolute Gasteiger partial charge is 0.318 e. The molecule has 5 heteroatoms. The highest BCUT2D eigenvalue weighted by Crippen LogP contribution is 2.41. The van der Waals surface area contributed by atoms with E-state index in [4.69, 9.17) is 0 Å². The van der Waals surface area contributed by atoms with E-state index in [2.05, 4.69) is 0 Å². The van der Waals surface area contributed by atoms with Crippen LogP contribution in [0.5, 0.6) is 0 Å². The van der Waals surface area contributed by atoms with Gasteiger partial charge in [-0.15, -0.1) is 0 Å². The van der Waals surface area contributed by atoms with Crippen molar-refractivity contribution in [3.8, 4) is 0 Å². The molecule has 0 aliphatic heterocycles. The summed E-state index contributed by atoms with van der Waals surface area (Å²) in [5, 5.41) is 1.91. The molecule has 1 saturated carbocycles. The molecule has 0 saturated heterocycles. The number of carbonyl (C=O) groups is 1. The van der Waals surface area contributed by atoms with Crippen molar-refractivity contribution in [2.45, 2.75) is 45.7 Å². The zero-order chi connectivity index (χ0) is 14.6. The van der Waals surface area contributed by atoms with Crippen LogP contribution in [0.25, 0.3) is 0 Å². The minimum atomic E-state index is -4.85. The highest BCUT2D eigenvalue weighted by Gasteiger charge is 2.39. The van der Waals surface area contributed by atoms with Crippen molar-refractivity contribution < 1.29 is 18.0 Å². The Morgan fingerprint density at radius 3 is 2.32 bits per heavy atom. The predicted octanol–water partition coefficient (Wildman–Crippen LogP) is 4.40. The Balaban J connectivity index is 0.000000861. The van der Waals surface area contributed by atoms with E-state index in [1.54, 1.807) is 19.1 Å². The Morgan fingerprint density at radius 1 is 1.26 bits per heavy atom.